The molecule has 1 amide bonds. The van der Waals surface area contributed by atoms with E-state index in [9.17, 15) is 4.79 Å². The van der Waals surface area contributed by atoms with Crippen molar-refractivity contribution in [2.45, 2.75) is 32.2 Å². The van der Waals surface area contributed by atoms with Gasteiger partial charge in [0.15, 0.2) is 0 Å². The van der Waals surface area contributed by atoms with Crippen molar-refractivity contribution in [1.82, 2.24) is 9.80 Å². The van der Waals surface area contributed by atoms with Crippen LogP contribution in [0.25, 0.3) is 0 Å². The van der Waals surface area contributed by atoms with E-state index in [1.807, 2.05) is 4.90 Å². The summed E-state index contributed by atoms with van der Waals surface area (Å²) in [5.41, 5.74) is 0. The molecule has 80 valence electrons. The molecule has 1 saturated heterocycles. The van der Waals surface area contributed by atoms with Crippen LogP contribution in [0.2, 0.25) is 0 Å². The van der Waals surface area contributed by atoms with Gasteiger partial charge >= 0.3 is 0 Å². The van der Waals surface area contributed by atoms with Gasteiger partial charge in [-0.05, 0) is 39.2 Å². The largest absolute Gasteiger partial charge is 0.341 e. The molecule has 3 nitrogen and oxygen atoms in total. The molecular weight excluding hydrogens is 176 g/mol. The lowest BCUT2D eigenvalue weighted by atomic mass is 10.2. The van der Waals surface area contributed by atoms with E-state index in [4.69, 9.17) is 0 Å². The van der Waals surface area contributed by atoms with E-state index in [1.54, 1.807) is 0 Å². The van der Waals surface area contributed by atoms with Crippen LogP contribution in [0.15, 0.2) is 0 Å². The highest BCUT2D eigenvalue weighted by molar-refractivity contribution is 5.78. The van der Waals surface area contributed by atoms with E-state index in [0.29, 0.717) is 18.5 Å². The van der Waals surface area contributed by atoms with Crippen LogP contribution in [0.3, 0.4) is 0 Å². The molecule has 0 bridgehead atoms. The van der Waals surface area contributed by atoms with Crippen molar-refractivity contribution in [2.24, 2.45) is 5.92 Å². The molecule has 1 heterocycles. The number of hydrogen-bond donors (Lipinski definition) is 0. The second-order valence-corrected chi connectivity index (χ2v) is 4.73. The predicted octanol–water partition coefficient (Wildman–Crippen LogP) is 0.949. The zero-order valence-electron chi connectivity index (χ0n) is 9.20. The van der Waals surface area contributed by atoms with Crippen LogP contribution < -0.4 is 0 Å². The molecule has 2 rings (SSSR count). The van der Waals surface area contributed by atoms with Gasteiger partial charge in [-0.1, -0.05) is 0 Å². The summed E-state index contributed by atoms with van der Waals surface area (Å²) in [6.07, 6.45) is 3.89. The van der Waals surface area contributed by atoms with Gasteiger partial charge in [-0.2, -0.15) is 0 Å². The quantitative estimate of drug-likeness (QED) is 0.668. The lowest BCUT2D eigenvalue weighted by Crippen LogP contribution is -2.48. The van der Waals surface area contributed by atoms with Gasteiger partial charge in [-0.25, -0.2) is 0 Å². The maximum Gasteiger partial charge on any atom is 0.236 e. The van der Waals surface area contributed by atoms with Gasteiger partial charge in [-0.15, -0.1) is 0 Å². The third kappa shape index (κ3) is 2.08. The molecule has 1 saturated carbocycles. The van der Waals surface area contributed by atoms with E-state index < -0.39 is 0 Å². The number of likely N-dealkylation sites (N-methyl/N-ethyl adjacent to an activating group) is 1. The number of likely N-dealkylation sites (tertiary alicyclic amines) is 1. The summed E-state index contributed by atoms with van der Waals surface area (Å²) in [5.74, 6) is 1.16. The van der Waals surface area contributed by atoms with Crippen molar-refractivity contribution in [3.05, 3.63) is 0 Å². The summed E-state index contributed by atoms with van der Waals surface area (Å²) >= 11 is 0. The lowest BCUT2D eigenvalue weighted by molar-refractivity contribution is -0.136. The molecule has 14 heavy (non-hydrogen) atoms. The Morgan fingerprint density at radius 3 is 2.57 bits per heavy atom. The topological polar surface area (TPSA) is 23.6 Å². The van der Waals surface area contributed by atoms with E-state index in [-0.39, 0.29) is 0 Å². The molecule has 0 aromatic rings. The van der Waals surface area contributed by atoms with Crippen molar-refractivity contribution in [3.63, 3.8) is 0 Å². The van der Waals surface area contributed by atoms with Crippen LogP contribution in [0.1, 0.15) is 26.2 Å². The van der Waals surface area contributed by atoms with Crippen molar-refractivity contribution < 1.29 is 4.79 Å². The van der Waals surface area contributed by atoms with E-state index in [1.165, 1.54) is 19.3 Å². The van der Waals surface area contributed by atoms with Gasteiger partial charge in [0.25, 0.3) is 0 Å². The van der Waals surface area contributed by atoms with Crippen LogP contribution >= 0.6 is 0 Å². The van der Waals surface area contributed by atoms with Crippen molar-refractivity contribution >= 4 is 5.91 Å². The molecule has 0 unspecified atom stereocenters. The van der Waals surface area contributed by atoms with Gasteiger partial charge in [0.1, 0.15) is 0 Å². The molecule has 0 radical (unpaired) electrons. The molecule has 2 aliphatic rings. The predicted molar refractivity (Wildman–Crippen MR) is 56.0 cm³/mol. The number of carbonyl (C=O) groups excluding carboxylic acids is 1. The molecule has 0 aromatic carbocycles. The van der Waals surface area contributed by atoms with E-state index >= 15 is 0 Å². The van der Waals surface area contributed by atoms with Crippen LogP contribution in [-0.2, 0) is 4.79 Å². The summed E-state index contributed by atoms with van der Waals surface area (Å²) < 4.78 is 0. The summed E-state index contributed by atoms with van der Waals surface area (Å²) in [6.45, 7) is 4.80. The molecule has 1 atom stereocenters. The Balaban J connectivity index is 1.74. The Kier molecular flexibility index (Phi) is 2.77. The smallest absolute Gasteiger partial charge is 0.236 e. The summed E-state index contributed by atoms with van der Waals surface area (Å²) in [5, 5.41) is 0. The Morgan fingerprint density at radius 2 is 2.14 bits per heavy atom. The van der Waals surface area contributed by atoms with Crippen molar-refractivity contribution in [2.75, 3.05) is 26.7 Å². The first-order chi connectivity index (χ1) is 6.68. The molecule has 2 fully saturated rings. The van der Waals surface area contributed by atoms with Gasteiger partial charge in [0.2, 0.25) is 5.91 Å². The Hall–Kier alpha value is -0.570. The third-order valence-electron chi connectivity index (χ3n) is 3.59. The highest BCUT2D eigenvalue weighted by atomic mass is 16.2. The van der Waals surface area contributed by atoms with E-state index in [2.05, 4.69) is 18.9 Å². The zero-order chi connectivity index (χ0) is 10.1. The number of nitrogens with zero attached hydrogens (tertiary/aromatic N) is 2. The minimum Gasteiger partial charge on any atom is -0.341 e. The van der Waals surface area contributed by atoms with E-state index in [0.717, 1.165) is 19.0 Å². The fourth-order valence-electron chi connectivity index (χ4n) is 1.96. The van der Waals surface area contributed by atoms with Gasteiger partial charge in [0.05, 0.1) is 6.54 Å². The average Bonchev–Trinajstić information content (AvgIpc) is 2.81. The SMILES string of the molecule is C[C@@H](C1CC1)N(C)CC(=O)N1CCC1. The maximum atomic E-state index is 11.7. The standard InChI is InChI=1S/C11H20N2O/c1-9(10-4-5-10)12(2)8-11(14)13-6-3-7-13/h9-10H,3-8H2,1-2H3/t9-/m0/s1. The Bertz CT molecular complexity index is 221. The highest BCUT2D eigenvalue weighted by Crippen LogP contribution is 2.34. The molecule has 0 N–H and O–H groups in total. The van der Waals surface area contributed by atoms with Gasteiger partial charge < -0.3 is 4.90 Å². The Labute approximate surface area is 86.1 Å². The molecule has 0 aromatic heterocycles. The minimum atomic E-state index is 0.311. The van der Waals surface area contributed by atoms with Gasteiger partial charge in [0, 0.05) is 19.1 Å². The Morgan fingerprint density at radius 1 is 1.50 bits per heavy atom. The summed E-state index contributed by atoms with van der Waals surface area (Å²) in [4.78, 5) is 15.8. The van der Waals surface area contributed by atoms with Crippen LogP contribution in [0.4, 0.5) is 0 Å². The molecule has 0 spiro atoms. The van der Waals surface area contributed by atoms with Crippen molar-refractivity contribution in [1.29, 1.82) is 0 Å². The molecule has 1 aliphatic heterocycles. The monoisotopic (exact) mass is 196 g/mol. The fraction of sp³-hybridized carbons (Fsp3) is 0.909. The number of carbonyl (C=O) groups is 1. The lowest BCUT2D eigenvalue weighted by Gasteiger charge is -2.33. The first-order valence-electron chi connectivity index (χ1n) is 5.66. The fourth-order valence-corrected chi connectivity index (χ4v) is 1.96. The first kappa shape index (κ1) is 9.97. The van der Waals surface area contributed by atoms with Crippen LogP contribution in [0.5, 0.6) is 0 Å². The van der Waals surface area contributed by atoms with Gasteiger partial charge in [-0.3, -0.25) is 9.69 Å². The molecular formula is C11H20N2O. The van der Waals surface area contributed by atoms with Crippen LogP contribution in [-0.4, -0.2) is 48.4 Å². The highest BCUT2D eigenvalue weighted by Gasteiger charge is 2.32. The third-order valence-corrected chi connectivity index (χ3v) is 3.59. The summed E-state index contributed by atoms with van der Waals surface area (Å²) in [7, 11) is 2.07. The number of rotatable bonds is 4. The normalized spacial score (nSPS) is 23.5. The molecule has 3 heteroatoms. The zero-order valence-corrected chi connectivity index (χ0v) is 9.20. The van der Waals surface area contributed by atoms with Crippen LogP contribution in [0, 0.1) is 5.92 Å². The number of amides is 1. The summed E-state index contributed by atoms with van der Waals surface area (Å²) in [6, 6.07) is 0.584. The molecule has 1 aliphatic carbocycles. The first-order valence-corrected chi connectivity index (χ1v) is 5.66. The second-order valence-electron chi connectivity index (χ2n) is 4.73. The maximum absolute atomic E-state index is 11.7. The van der Waals surface area contributed by atoms with Crippen molar-refractivity contribution in [3.8, 4) is 0 Å². The minimum absolute atomic E-state index is 0.311. The second kappa shape index (κ2) is 3.89. The average molecular weight is 196 g/mol. The number of hydrogen-bond acceptors (Lipinski definition) is 2.